The summed E-state index contributed by atoms with van der Waals surface area (Å²) in [5.41, 5.74) is 3.11. The molecule has 0 aromatic heterocycles. The Morgan fingerprint density at radius 1 is 1.50 bits per heavy atom. The van der Waals surface area contributed by atoms with Crippen LogP contribution >= 0.6 is 0 Å². The number of nitrogens with zero attached hydrogens (tertiary/aromatic N) is 2. The molecule has 1 heterocycles. The van der Waals surface area contributed by atoms with Gasteiger partial charge in [-0.05, 0) is 0 Å². The van der Waals surface area contributed by atoms with E-state index in [0.717, 1.165) is 0 Å². The molecule has 1 rings (SSSR count). The van der Waals surface area contributed by atoms with Crippen LogP contribution in [0.5, 0.6) is 0 Å². The highest BCUT2D eigenvalue weighted by molar-refractivity contribution is 5.86. The van der Waals surface area contributed by atoms with Gasteiger partial charge in [-0.25, -0.2) is 0 Å². The van der Waals surface area contributed by atoms with Gasteiger partial charge in [0.2, 0.25) is 5.90 Å². The normalized spacial score (nSPS) is 19.5. The van der Waals surface area contributed by atoms with Gasteiger partial charge >= 0.3 is 0 Å². The van der Waals surface area contributed by atoms with Gasteiger partial charge < -0.3 is 5.11 Å². The molecule has 4 nitrogen and oxygen atoms in total. The monoisotopic (exact) mass is 113 g/mol. The first-order valence-corrected chi connectivity index (χ1v) is 2.28. The number of amides is 1. The smallest absolute Gasteiger partial charge is 0.265 e. The number of hydrogen-bond acceptors (Lipinski definition) is 2. The number of hydrogen-bond donors (Lipinski definition) is 1. The molecule has 0 bridgehead atoms. The Labute approximate surface area is 46.2 Å². The summed E-state index contributed by atoms with van der Waals surface area (Å²) in [5, 5.41) is 11.7. The standard InChI is InChI=1S/C4H5N2O2/c7-3-1-2-4(8)6-5-3/h1-2H2,(H,5,7). The van der Waals surface area contributed by atoms with Crippen molar-refractivity contribution in [1.29, 1.82) is 0 Å². The lowest BCUT2D eigenvalue weighted by atomic mass is 10.3. The van der Waals surface area contributed by atoms with Crippen molar-refractivity contribution in [3.63, 3.8) is 0 Å². The van der Waals surface area contributed by atoms with E-state index in [2.05, 4.69) is 10.5 Å². The predicted octanol–water partition coefficient (Wildman–Crippen LogP) is -0.217. The summed E-state index contributed by atoms with van der Waals surface area (Å²) >= 11 is 0. The van der Waals surface area contributed by atoms with E-state index in [1.54, 1.807) is 0 Å². The lowest BCUT2D eigenvalue weighted by Crippen LogP contribution is -2.19. The lowest BCUT2D eigenvalue weighted by molar-refractivity contribution is -0.121. The topological polar surface area (TPSA) is 63.8 Å². The molecule has 1 aliphatic rings. The van der Waals surface area contributed by atoms with Gasteiger partial charge in [0.15, 0.2) is 0 Å². The molecule has 0 fully saturated rings. The summed E-state index contributed by atoms with van der Waals surface area (Å²) in [6.07, 6.45) is 0.623. The molecule has 8 heavy (non-hydrogen) atoms. The Morgan fingerprint density at radius 2 is 2.25 bits per heavy atom. The second-order valence-electron chi connectivity index (χ2n) is 1.51. The maximum atomic E-state index is 10.2. The Bertz CT molecular complexity index is 141. The average Bonchev–Trinajstić information content (AvgIpc) is 1.77. The van der Waals surface area contributed by atoms with E-state index in [1.807, 2.05) is 0 Å². The highest BCUT2D eigenvalue weighted by Gasteiger charge is 2.10. The van der Waals surface area contributed by atoms with Crippen molar-refractivity contribution >= 4 is 11.8 Å². The third kappa shape index (κ3) is 0.959. The predicted molar refractivity (Wildman–Crippen MR) is 26.4 cm³/mol. The zero-order valence-corrected chi connectivity index (χ0v) is 4.16. The molecule has 0 aromatic carbocycles. The van der Waals surface area contributed by atoms with Crippen LogP contribution in [0.2, 0.25) is 0 Å². The molecule has 0 aromatic rings. The Balaban J connectivity index is 2.55. The maximum Gasteiger partial charge on any atom is 0.265 e. The Kier molecular flexibility index (Phi) is 1.15. The molecule has 1 N–H and O–H groups in total. The van der Waals surface area contributed by atoms with Crippen molar-refractivity contribution in [3.05, 3.63) is 0 Å². The summed E-state index contributed by atoms with van der Waals surface area (Å²) in [6, 6.07) is 0. The fourth-order valence-electron chi connectivity index (χ4n) is 0.432. The van der Waals surface area contributed by atoms with Crippen LogP contribution in [0.3, 0.4) is 0 Å². The molecule has 0 unspecified atom stereocenters. The van der Waals surface area contributed by atoms with E-state index in [-0.39, 0.29) is 18.2 Å². The Hall–Kier alpha value is -1.06. The van der Waals surface area contributed by atoms with Gasteiger partial charge in [0.1, 0.15) is 0 Å². The zero-order valence-electron chi connectivity index (χ0n) is 4.16. The van der Waals surface area contributed by atoms with Crippen LogP contribution in [0.25, 0.3) is 0 Å². The van der Waals surface area contributed by atoms with Crippen molar-refractivity contribution in [2.24, 2.45) is 5.10 Å². The maximum absolute atomic E-state index is 10.2. The summed E-state index contributed by atoms with van der Waals surface area (Å²) in [5.74, 6) is -0.313. The quantitative estimate of drug-likeness (QED) is 0.472. The fraction of sp³-hybridized carbons (Fsp3) is 0.500. The fourth-order valence-corrected chi connectivity index (χ4v) is 0.432. The summed E-state index contributed by atoms with van der Waals surface area (Å²) in [6.45, 7) is 0. The van der Waals surface area contributed by atoms with E-state index < -0.39 is 0 Å². The lowest BCUT2D eigenvalue weighted by Gasteiger charge is -2.01. The van der Waals surface area contributed by atoms with Gasteiger partial charge in [0.25, 0.3) is 5.91 Å². The number of carbonyl (C=O) groups excluding carboxylic acids is 1. The summed E-state index contributed by atoms with van der Waals surface area (Å²) in [4.78, 5) is 10.2. The van der Waals surface area contributed by atoms with Crippen molar-refractivity contribution in [1.82, 2.24) is 5.43 Å². The molecule has 0 saturated heterocycles. The van der Waals surface area contributed by atoms with Crippen LogP contribution in [0.1, 0.15) is 12.8 Å². The van der Waals surface area contributed by atoms with Crippen LogP contribution in [0.15, 0.2) is 5.10 Å². The number of aliphatic hydroxyl groups is 1. The Morgan fingerprint density at radius 3 is 2.62 bits per heavy atom. The molecule has 1 radical (unpaired) electrons. The first-order chi connectivity index (χ1) is 3.79. The number of aliphatic hydroxyl groups excluding tert-OH is 1. The summed E-state index contributed by atoms with van der Waals surface area (Å²) < 4.78 is 0. The first-order valence-electron chi connectivity index (χ1n) is 2.28. The molecule has 1 aliphatic heterocycles. The third-order valence-electron chi connectivity index (χ3n) is 0.839. The zero-order chi connectivity index (χ0) is 5.98. The van der Waals surface area contributed by atoms with Crippen LogP contribution in [0.4, 0.5) is 0 Å². The second-order valence-corrected chi connectivity index (χ2v) is 1.51. The van der Waals surface area contributed by atoms with Crippen LogP contribution in [-0.2, 0) is 4.79 Å². The molecule has 1 amide bonds. The molecule has 4 heteroatoms. The summed E-state index contributed by atoms with van der Waals surface area (Å²) in [7, 11) is 0. The van der Waals surface area contributed by atoms with E-state index in [0.29, 0.717) is 6.42 Å². The minimum absolute atomic E-state index is 0.0513. The highest BCUT2D eigenvalue weighted by atomic mass is 16.3. The van der Waals surface area contributed by atoms with E-state index in [4.69, 9.17) is 5.11 Å². The highest BCUT2D eigenvalue weighted by Crippen LogP contribution is 1.96. The molecule has 0 spiro atoms. The van der Waals surface area contributed by atoms with Crippen LogP contribution in [0, 0.1) is 0 Å². The second kappa shape index (κ2) is 1.81. The SMILES string of the molecule is O=C1CCC(O)=N[N]1. The number of rotatable bonds is 0. The minimum atomic E-state index is -0.261. The van der Waals surface area contributed by atoms with Gasteiger partial charge in [-0.1, -0.05) is 0 Å². The van der Waals surface area contributed by atoms with Gasteiger partial charge in [-0.2, -0.15) is 0 Å². The van der Waals surface area contributed by atoms with Crippen LogP contribution in [-0.4, -0.2) is 16.9 Å². The van der Waals surface area contributed by atoms with Gasteiger partial charge in [0, 0.05) is 12.8 Å². The molecule has 43 valence electrons. The van der Waals surface area contributed by atoms with Gasteiger partial charge in [-0.15, -0.1) is 10.5 Å². The minimum Gasteiger partial charge on any atom is -0.495 e. The van der Waals surface area contributed by atoms with E-state index in [1.165, 1.54) is 0 Å². The number of carbonyl (C=O) groups is 1. The van der Waals surface area contributed by atoms with Crippen molar-refractivity contribution in [3.8, 4) is 0 Å². The molecular formula is C4H5N2O2. The van der Waals surface area contributed by atoms with Crippen LogP contribution < -0.4 is 5.43 Å². The van der Waals surface area contributed by atoms with Gasteiger partial charge in [-0.3, -0.25) is 4.79 Å². The average molecular weight is 113 g/mol. The van der Waals surface area contributed by atoms with E-state index in [9.17, 15) is 4.79 Å². The molecule has 0 aliphatic carbocycles. The van der Waals surface area contributed by atoms with Crippen molar-refractivity contribution in [2.45, 2.75) is 12.8 Å². The van der Waals surface area contributed by atoms with Gasteiger partial charge in [0.05, 0.1) is 0 Å². The van der Waals surface area contributed by atoms with Crippen molar-refractivity contribution in [2.75, 3.05) is 0 Å². The molecule has 0 saturated carbocycles. The molecular weight excluding hydrogens is 108 g/mol. The van der Waals surface area contributed by atoms with E-state index >= 15 is 0 Å². The third-order valence-corrected chi connectivity index (χ3v) is 0.839. The largest absolute Gasteiger partial charge is 0.495 e. The molecule has 0 atom stereocenters. The first kappa shape index (κ1) is 5.08. The van der Waals surface area contributed by atoms with Crippen molar-refractivity contribution < 1.29 is 9.90 Å².